The summed E-state index contributed by atoms with van der Waals surface area (Å²) < 4.78 is 16.4. The maximum absolute atomic E-state index is 14.4. The van der Waals surface area contributed by atoms with Crippen LogP contribution in [-0.2, 0) is 17.6 Å². The Bertz CT molecular complexity index is 1190. The fourth-order valence-corrected chi connectivity index (χ4v) is 4.01. The summed E-state index contributed by atoms with van der Waals surface area (Å²) in [7, 11) is 0. The van der Waals surface area contributed by atoms with Crippen LogP contribution in [0.2, 0.25) is 0 Å². The Morgan fingerprint density at radius 2 is 1.84 bits per heavy atom. The van der Waals surface area contributed by atoms with Crippen LogP contribution in [0.15, 0.2) is 72.9 Å². The van der Waals surface area contributed by atoms with Gasteiger partial charge in [0.15, 0.2) is 0 Å². The van der Waals surface area contributed by atoms with E-state index in [4.69, 9.17) is 4.98 Å². The number of para-hydroxylation sites is 2. The lowest BCUT2D eigenvalue weighted by Crippen LogP contribution is -2.34. The summed E-state index contributed by atoms with van der Waals surface area (Å²) in [5, 5.41) is 3.07. The van der Waals surface area contributed by atoms with Crippen molar-refractivity contribution in [1.82, 2.24) is 19.9 Å². The van der Waals surface area contributed by atoms with Gasteiger partial charge in [0.05, 0.1) is 11.0 Å². The fraction of sp³-hybridized carbons (Fsp3) is 0.269. The molecule has 0 saturated carbocycles. The minimum atomic E-state index is -0.419. The van der Waals surface area contributed by atoms with E-state index in [9.17, 15) is 9.18 Å². The lowest BCUT2D eigenvalue weighted by Gasteiger charge is -2.21. The summed E-state index contributed by atoms with van der Waals surface area (Å²) >= 11 is 0. The molecular formula is C26H27FN4O. The van der Waals surface area contributed by atoms with E-state index in [0.29, 0.717) is 37.2 Å². The highest BCUT2D eigenvalue weighted by molar-refractivity contribution is 5.84. The van der Waals surface area contributed by atoms with E-state index in [2.05, 4.69) is 17.2 Å². The van der Waals surface area contributed by atoms with E-state index < -0.39 is 6.04 Å². The van der Waals surface area contributed by atoms with Crippen molar-refractivity contribution in [2.24, 2.45) is 0 Å². The zero-order valence-electron chi connectivity index (χ0n) is 18.2. The van der Waals surface area contributed by atoms with Crippen LogP contribution in [0.3, 0.4) is 0 Å². The Labute approximate surface area is 187 Å². The van der Waals surface area contributed by atoms with Crippen molar-refractivity contribution in [3.05, 3.63) is 95.8 Å². The van der Waals surface area contributed by atoms with Crippen LogP contribution in [0, 0.1) is 5.82 Å². The number of nitrogens with one attached hydrogen (secondary N) is 1. The number of nitrogens with zero attached hydrogens (tertiary/aromatic N) is 3. The predicted molar refractivity (Wildman–Crippen MR) is 124 cm³/mol. The second kappa shape index (κ2) is 10.2. The Kier molecular flexibility index (Phi) is 6.90. The molecule has 0 aliphatic heterocycles. The van der Waals surface area contributed by atoms with Gasteiger partial charge in [-0.05, 0) is 42.3 Å². The van der Waals surface area contributed by atoms with Gasteiger partial charge in [-0.15, -0.1) is 0 Å². The van der Waals surface area contributed by atoms with Gasteiger partial charge in [-0.3, -0.25) is 9.78 Å². The van der Waals surface area contributed by atoms with Gasteiger partial charge in [0, 0.05) is 31.3 Å². The Morgan fingerprint density at radius 1 is 1.06 bits per heavy atom. The molecule has 2 heterocycles. The van der Waals surface area contributed by atoms with Crippen molar-refractivity contribution in [3.63, 3.8) is 0 Å². The number of amides is 1. The van der Waals surface area contributed by atoms with E-state index in [0.717, 1.165) is 23.1 Å². The third kappa shape index (κ3) is 4.85. The van der Waals surface area contributed by atoms with Crippen LogP contribution < -0.4 is 5.32 Å². The van der Waals surface area contributed by atoms with Crippen molar-refractivity contribution < 1.29 is 9.18 Å². The average molecular weight is 431 g/mol. The molecule has 0 bridgehead atoms. The molecule has 5 nitrogen and oxygen atoms in total. The average Bonchev–Trinajstić information content (AvgIpc) is 3.17. The molecule has 1 unspecified atom stereocenters. The molecule has 1 amide bonds. The molecule has 0 fully saturated rings. The van der Waals surface area contributed by atoms with Gasteiger partial charge in [-0.2, -0.15) is 0 Å². The van der Waals surface area contributed by atoms with Crippen molar-refractivity contribution in [3.8, 4) is 0 Å². The first-order chi connectivity index (χ1) is 15.7. The number of carbonyl (C=O) groups is 1. The fourth-order valence-electron chi connectivity index (χ4n) is 4.01. The maximum Gasteiger partial charge on any atom is 0.243 e. The zero-order chi connectivity index (χ0) is 22.3. The monoisotopic (exact) mass is 430 g/mol. The van der Waals surface area contributed by atoms with Crippen LogP contribution in [0.25, 0.3) is 11.0 Å². The van der Waals surface area contributed by atoms with E-state index in [-0.39, 0.29) is 11.7 Å². The lowest BCUT2D eigenvalue weighted by atomic mass is 10.1. The first kappa shape index (κ1) is 21.7. The molecule has 0 aliphatic rings. The Hall–Kier alpha value is -3.54. The van der Waals surface area contributed by atoms with E-state index in [1.807, 2.05) is 53.1 Å². The highest BCUT2D eigenvalue weighted by Crippen LogP contribution is 2.26. The minimum Gasteiger partial charge on any atom is -0.354 e. The molecule has 0 spiro atoms. The summed E-state index contributed by atoms with van der Waals surface area (Å²) in [6.45, 7) is 2.56. The van der Waals surface area contributed by atoms with Gasteiger partial charge in [-0.25, -0.2) is 9.37 Å². The van der Waals surface area contributed by atoms with Crippen LogP contribution in [0.4, 0.5) is 4.39 Å². The standard InChI is InChI=1S/C26H27FN4O/c1-2-9-24(26(32)29-17-15-20-11-7-8-16-28-20)31-23-14-6-5-13-22(23)30-25(31)18-19-10-3-4-12-21(19)27/h3-8,10-14,16,24H,2,9,15,17-18H2,1H3,(H,29,32). The molecule has 0 aliphatic carbocycles. The third-order valence-electron chi connectivity index (χ3n) is 5.56. The number of benzene rings is 2. The van der Waals surface area contributed by atoms with Crippen molar-refractivity contribution in [2.75, 3.05) is 6.54 Å². The second-order valence-corrected chi connectivity index (χ2v) is 7.82. The van der Waals surface area contributed by atoms with Gasteiger partial charge in [0.25, 0.3) is 0 Å². The predicted octanol–water partition coefficient (Wildman–Crippen LogP) is 4.86. The molecule has 6 heteroatoms. The molecule has 0 radical (unpaired) electrons. The number of aromatic nitrogens is 3. The number of hydrogen-bond donors (Lipinski definition) is 1. The van der Waals surface area contributed by atoms with Gasteiger partial charge >= 0.3 is 0 Å². The second-order valence-electron chi connectivity index (χ2n) is 7.82. The minimum absolute atomic E-state index is 0.0549. The van der Waals surface area contributed by atoms with E-state index in [1.165, 1.54) is 6.07 Å². The molecule has 1 atom stereocenters. The number of carbonyl (C=O) groups excluding carboxylic acids is 1. The lowest BCUT2D eigenvalue weighted by molar-refractivity contribution is -0.124. The summed E-state index contributed by atoms with van der Waals surface area (Å²) in [6, 6.07) is 19.8. The SMILES string of the molecule is CCCC(C(=O)NCCc1ccccn1)n1c(Cc2ccccc2F)nc2ccccc21. The summed E-state index contributed by atoms with van der Waals surface area (Å²) in [6.07, 6.45) is 4.24. The molecule has 0 saturated heterocycles. The summed E-state index contributed by atoms with van der Waals surface area (Å²) in [5.74, 6) is 0.369. The number of rotatable bonds is 9. The van der Waals surface area contributed by atoms with Crippen LogP contribution in [0.1, 0.15) is 42.9 Å². The summed E-state index contributed by atoms with van der Waals surface area (Å²) in [5.41, 5.74) is 3.20. The van der Waals surface area contributed by atoms with Crippen LogP contribution >= 0.6 is 0 Å². The van der Waals surface area contributed by atoms with Crippen molar-refractivity contribution in [1.29, 1.82) is 0 Å². The van der Waals surface area contributed by atoms with Gasteiger partial charge in [0.1, 0.15) is 17.7 Å². The quantitative estimate of drug-likeness (QED) is 0.412. The Morgan fingerprint density at radius 3 is 2.62 bits per heavy atom. The molecule has 164 valence electrons. The van der Waals surface area contributed by atoms with Gasteiger partial charge in [-0.1, -0.05) is 49.7 Å². The molecule has 32 heavy (non-hydrogen) atoms. The topological polar surface area (TPSA) is 59.8 Å². The van der Waals surface area contributed by atoms with E-state index >= 15 is 0 Å². The highest BCUT2D eigenvalue weighted by Gasteiger charge is 2.25. The normalized spacial score (nSPS) is 12.1. The first-order valence-corrected chi connectivity index (χ1v) is 11.0. The highest BCUT2D eigenvalue weighted by atomic mass is 19.1. The molecule has 2 aromatic heterocycles. The maximum atomic E-state index is 14.4. The number of hydrogen-bond acceptors (Lipinski definition) is 3. The zero-order valence-corrected chi connectivity index (χ0v) is 18.2. The van der Waals surface area contributed by atoms with Crippen LogP contribution in [-0.4, -0.2) is 27.0 Å². The largest absolute Gasteiger partial charge is 0.354 e. The third-order valence-corrected chi connectivity index (χ3v) is 5.56. The molecule has 1 N–H and O–H groups in total. The van der Waals surface area contributed by atoms with Crippen LogP contribution in [0.5, 0.6) is 0 Å². The number of halogens is 1. The first-order valence-electron chi connectivity index (χ1n) is 11.0. The smallest absolute Gasteiger partial charge is 0.243 e. The number of fused-ring (bicyclic) bond motifs is 1. The van der Waals surface area contributed by atoms with Gasteiger partial charge in [0.2, 0.25) is 5.91 Å². The number of pyridine rings is 1. The molecule has 4 rings (SSSR count). The number of imidazole rings is 1. The Balaban J connectivity index is 1.63. The van der Waals surface area contributed by atoms with Crippen molar-refractivity contribution in [2.45, 2.75) is 38.6 Å². The molecule has 2 aromatic carbocycles. The molecular weight excluding hydrogens is 403 g/mol. The molecule has 4 aromatic rings. The van der Waals surface area contributed by atoms with E-state index in [1.54, 1.807) is 18.3 Å². The van der Waals surface area contributed by atoms with Crippen molar-refractivity contribution >= 4 is 16.9 Å². The summed E-state index contributed by atoms with van der Waals surface area (Å²) in [4.78, 5) is 22.4. The van der Waals surface area contributed by atoms with Gasteiger partial charge < -0.3 is 9.88 Å².